The fraction of sp³-hybridized carbons (Fsp3) is 0.125. The Morgan fingerprint density at radius 1 is 1.54 bits per heavy atom. The van der Waals surface area contributed by atoms with E-state index in [9.17, 15) is 0 Å². The Kier molecular flexibility index (Phi) is 1.86. The lowest BCUT2D eigenvalue weighted by Crippen LogP contribution is -1.86. The van der Waals surface area contributed by atoms with Crippen molar-refractivity contribution >= 4 is 23.5 Å². The molecule has 0 bridgehead atoms. The molecule has 0 aromatic carbocycles. The summed E-state index contributed by atoms with van der Waals surface area (Å²) < 4.78 is 3.99. The highest BCUT2D eigenvalue weighted by molar-refractivity contribution is 5.94. The van der Waals surface area contributed by atoms with Gasteiger partial charge in [-0.2, -0.15) is 5.10 Å². The van der Waals surface area contributed by atoms with Crippen molar-refractivity contribution in [3.05, 3.63) is 18.2 Å². The molecule has 0 fully saturated rings. The van der Waals surface area contributed by atoms with E-state index in [1.807, 2.05) is 6.92 Å². The fourth-order valence-corrected chi connectivity index (χ4v) is 1.02. The van der Waals surface area contributed by atoms with Gasteiger partial charge in [0.05, 0.1) is 5.39 Å². The van der Waals surface area contributed by atoms with Gasteiger partial charge in [0, 0.05) is 13.1 Å². The number of aromatic amines is 1. The summed E-state index contributed by atoms with van der Waals surface area (Å²) >= 11 is 0. The maximum atomic E-state index is 3.99. The molecule has 0 unspecified atom stereocenters. The normalized spacial score (nSPS) is 9.62. The van der Waals surface area contributed by atoms with E-state index in [-0.39, 0.29) is 0 Å². The summed E-state index contributed by atoms with van der Waals surface area (Å²) in [6.45, 7) is 1.85. The molecular weight excluding hydrogens is 166 g/mol. The second-order valence-electron chi connectivity index (χ2n) is 2.43. The molecule has 0 saturated carbocycles. The molecule has 0 aliphatic heterocycles. The zero-order chi connectivity index (χ0) is 9.10. The van der Waals surface area contributed by atoms with E-state index in [0.717, 1.165) is 11.1 Å². The summed E-state index contributed by atoms with van der Waals surface area (Å²) in [6.07, 6.45) is 6.58. The van der Waals surface area contributed by atoms with Crippen molar-refractivity contribution in [2.24, 2.45) is 0 Å². The number of nitrogens with zero attached hydrogens (tertiary/aromatic N) is 4. The summed E-state index contributed by atoms with van der Waals surface area (Å²) in [4.78, 5) is 7.90. The molecule has 13 heavy (non-hydrogen) atoms. The van der Waals surface area contributed by atoms with Crippen LogP contribution in [0.4, 0.5) is 0 Å². The molecule has 0 aliphatic rings. The van der Waals surface area contributed by atoms with Gasteiger partial charge in [-0.1, -0.05) is 0 Å². The zero-order valence-electron chi connectivity index (χ0n) is 7.10. The Morgan fingerprint density at radius 2 is 2.46 bits per heavy atom. The third-order valence-corrected chi connectivity index (χ3v) is 1.62. The Morgan fingerprint density at radius 3 is 3.31 bits per heavy atom. The van der Waals surface area contributed by atoms with Crippen molar-refractivity contribution in [2.75, 3.05) is 0 Å². The smallest absolute Gasteiger partial charge is 0.269 e. The van der Waals surface area contributed by atoms with Gasteiger partial charge in [0.25, 0.3) is 6.21 Å². The van der Waals surface area contributed by atoms with Crippen LogP contribution in [0.2, 0.25) is 0 Å². The molecule has 0 amide bonds. The lowest BCUT2D eigenvalue weighted by Gasteiger charge is -1.81. The lowest BCUT2D eigenvalue weighted by atomic mass is 10.3. The Labute approximate surface area is 74.3 Å². The standard InChI is InChI=1S/C8H7N5/c1-2-9-4-7-6-3-10-5-11-8(6)13-12-7/h2-5H,1H3/p+1. The number of H-pyrrole nitrogens is 1. The third kappa shape index (κ3) is 1.32. The first-order valence-corrected chi connectivity index (χ1v) is 3.87. The summed E-state index contributed by atoms with van der Waals surface area (Å²) in [7, 11) is 0. The van der Waals surface area contributed by atoms with Gasteiger partial charge in [-0.25, -0.2) is 9.97 Å². The van der Waals surface area contributed by atoms with E-state index in [1.165, 1.54) is 6.33 Å². The fourth-order valence-electron chi connectivity index (χ4n) is 1.02. The van der Waals surface area contributed by atoms with E-state index in [2.05, 4.69) is 24.8 Å². The molecule has 0 aliphatic carbocycles. The second-order valence-corrected chi connectivity index (χ2v) is 2.43. The molecular formula is C8H8N5+. The minimum Gasteiger partial charge on any atom is -0.269 e. The van der Waals surface area contributed by atoms with Gasteiger partial charge in [0.2, 0.25) is 0 Å². The van der Waals surface area contributed by atoms with Gasteiger partial charge in [-0.3, -0.25) is 5.10 Å². The molecule has 2 rings (SSSR count). The van der Waals surface area contributed by atoms with Gasteiger partial charge in [0.15, 0.2) is 11.3 Å². The van der Waals surface area contributed by atoms with Crippen LogP contribution in [0, 0.1) is 0 Å². The highest BCUT2D eigenvalue weighted by Crippen LogP contribution is 2.07. The molecule has 5 nitrogen and oxygen atoms in total. The molecule has 5 heteroatoms. The topological polar surface area (TPSA) is 68.6 Å². The lowest BCUT2D eigenvalue weighted by molar-refractivity contribution is 1.08. The largest absolute Gasteiger partial charge is 0.317 e. The van der Waals surface area contributed by atoms with Gasteiger partial charge in [-0.15, -0.1) is 4.67 Å². The van der Waals surface area contributed by atoms with E-state index in [0.29, 0.717) is 5.65 Å². The summed E-state index contributed by atoms with van der Waals surface area (Å²) in [5.41, 5.74) is 1.49. The van der Waals surface area contributed by atoms with Crippen LogP contribution in [0.25, 0.3) is 11.0 Å². The quantitative estimate of drug-likeness (QED) is 0.486. The van der Waals surface area contributed by atoms with Crippen LogP contribution in [0.5, 0.6) is 0 Å². The van der Waals surface area contributed by atoms with Crippen molar-refractivity contribution < 1.29 is 0 Å². The first-order chi connectivity index (χ1) is 6.42. The Hall–Kier alpha value is -2.00. The van der Waals surface area contributed by atoms with E-state index < -0.39 is 0 Å². The van der Waals surface area contributed by atoms with Crippen LogP contribution in [0.1, 0.15) is 12.6 Å². The molecule has 0 saturated heterocycles. The molecule has 1 N–H and O–H groups in total. The van der Waals surface area contributed by atoms with Gasteiger partial charge >= 0.3 is 6.21 Å². The average Bonchev–Trinajstić information content (AvgIpc) is 2.58. The summed E-state index contributed by atoms with van der Waals surface area (Å²) in [5.74, 6) is 0. The second kappa shape index (κ2) is 3.16. The minimum atomic E-state index is 0.660. The van der Waals surface area contributed by atoms with Gasteiger partial charge < -0.3 is 0 Å². The average molecular weight is 174 g/mol. The van der Waals surface area contributed by atoms with Crippen LogP contribution < -0.4 is 4.67 Å². The maximum absolute atomic E-state index is 3.99. The molecule has 2 aromatic rings. The van der Waals surface area contributed by atoms with Crippen molar-refractivity contribution in [1.29, 1.82) is 0 Å². The van der Waals surface area contributed by atoms with Crippen LogP contribution in [0.3, 0.4) is 0 Å². The molecule has 2 heterocycles. The number of rotatable bonds is 1. The number of fused-ring (bicyclic) bond motifs is 1. The minimum absolute atomic E-state index is 0.660. The third-order valence-electron chi connectivity index (χ3n) is 1.62. The number of aromatic nitrogens is 4. The molecule has 2 aromatic heterocycles. The van der Waals surface area contributed by atoms with Crippen molar-refractivity contribution in [3.63, 3.8) is 0 Å². The van der Waals surface area contributed by atoms with Crippen LogP contribution in [-0.2, 0) is 0 Å². The number of hydrogen-bond donors (Lipinski definition) is 1. The first-order valence-electron chi connectivity index (χ1n) is 3.87. The van der Waals surface area contributed by atoms with E-state index in [1.54, 1.807) is 18.6 Å². The van der Waals surface area contributed by atoms with Crippen molar-refractivity contribution in [1.82, 2.24) is 24.8 Å². The van der Waals surface area contributed by atoms with Crippen molar-refractivity contribution in [2.45, 2.75) is 6.92 Å². The molecule has 0 atom stereocenters. The van der Waals surface area contributed by atoms with Crippen LogP contribution in [0.15, 0.2) is 12.5 Å². The van der Waals surface area contributed by atoms with Gasteiger partial charge in [-0.05, 0) is 0 Å². The van der Waals surface area contributed by atoms with E-state index >= 15 is 0 Å². The highest BCUT2D eigenvalue weighted by atomic mass is 15.2. The predicted molar refractivity (Wildman–Crippen MR) is 50.7 cm³/mol. The highest BCUT2D eigenvalue weighted by Gasteiger charge is 2.06. The summed E-state index contributed by atoms with van der Waals surface area (Å²) in [6, 6.07) is 0. The number of hydrogen-bond acceptors (Lipinski definition) is 3. The Bertz CT molecular complexity index is 478. The van der Waals surface area contributed by atoms with Gasteiger partial charge in [0.1, 0.15) is 6.33 Å². The van der Waals surface area contributed by atoms with Crippen LogP contribution >= 0.6 is 0 Å². The van der Waals surface area contributed by atoms with Crippen LogP contribution in [-0.4, -0.2) is 32.6 Å². The molecule has 0 spiro atoms. The zero-order valence-corrected chi connectivity index (χ0v) is 7.10. The first kappa shape index (κ1) is 7.64. The molecule has 64 valence electrons. The monoisotopic (exact) mass is 174 g/mol. The maximum Gasteiger partial charge on any atom is 0.317 e. The predicted octanol–water partition coefficient (Wildman–Crippen LogP) is -0.0703. The number of nitrogens with one attached hydrogen (secondary N) is 1. The summed E-state index contributed by atoms with van der Waals surface area (Å²) in [5, 5.41) is 7.70. The molecule has 0 radical (unpaired) electrons. The van der Waals surface area contributed by atoms with Crippen molar-refractivity contribution in [3.8, 4) is 0 Å². The SMILES string of the molecule is CC=[N+]=Cc1[nH]nc2ncncc12. The Balaban J connectivity index is 2.64. The van der Waals surface area contributed by atoms with E-state index in [4.69, 9.17) is 0 Å².